The van der Waals surface area contributed by atoms with E-state index in [4.69, 9.17) is 4.74 Å². The number of methoxy groups -OCH3 is 1. The molecule has 0 aliphatic carbocycles. The first kappa shape index (κ1) is 23.9. The second-order valence-electron chi connectivity index (χ2n) is 9.49. The number of nitrogens with zero attached hydrogens (tertiary/aromatic N) is 5. The molecule has 0 saturated carbocycles. The van der Waals surface area contributed by atoms with E-state index in [1.807, 2.05) is 47.4 Å². The highest BCUT2D eigenvalue weighted by Crippen LogP contribution is 2.25. The number of benzene rings is 2. The van der Waals surface area contributed by atoms with E-state index in [0.717, 1.165) is 68.3 Å². The van der Waals surface area contributed by atoms with Gasteiger partial charge in [0.2, 0.25) is 5.91 Å². The van der Waals surface area contributed by atoms with Gasteiger partial charge in [-0.3, -0.25) is 9.59 Å². The van der Waals surface area contributed by atoms with Gasteiger partial charge >= 0.3 is 0 Å². The van der Waals surface area contributed by atoms with Crippen molar-refractivity contribution in [2.24, 2.45) is 5.92 Å². The second kappa shape index (κ2) is 10.8. The summed E-state index contributed by atoms with van der Waals surface area (Å²) >= 11 is 0. The van der Waals surface area contributed by atoms with Crippen LogP contribution in [-0.4, -0.2) is 67.0 Å². The van der Waals surface area contributed by atoms with Crippen LogP contribution in [0.1, 0.15) is 18.4 Å². The number of piperidine rings is 1. The van der Waals surface area contributed by atoms with Crippen molar-refractivity contribution in [2.75, 3.05) is 56.2 Å². The number of hydrogen-bond donors (Lipinski definition) is 0. The Kier molecular flexibility index (Phi) is 7.21. The van der Waals surface area contributed by atoms with E-state index in [1.54, 1.807) is 19.4 Å². The van der Waals surface area contributed by atoms with Crippen LogP contribution >= 0.6 is 0 Å². The number of ether oxygens (including phenoxy) is 1. The first-order chi connectivity index (χ1) is 17.6. The van der Waals surface area contributed by atoms with Crippen LogP contribution in [0.3, 0.4) is 0 Å². The Labute approximate surface area is 211 Å². The molecule has 188 valence electrons. The van der Waals surface area contributed by atoms with Gasteiger partial charge in [-0.25, -0.2) is 4.68 Å². The lowest BCUT2D eigenvalue weighted by Gasteiger charge is -2.40. The lowest BCUT2D eigenvalue weighted by atomic mass is 9.96. The van der Waals surface area contributed by atoms with Crippen LogP contribution in [-0.2, 0) is 11.3 Å². The molecule has 0 N–H and O–H groups in total. The third kappa shape index (κ3) is 5.37. The Bertz CT molecular complexity index is 1220. The van der Waals surface area contributed by atoms with Crippen molar-refractivity contribution in [3.05, 3.63) is 82.8 Å². The molecule has 2 aromatic carbocycles. The fraction of sp³-hybridized carbons (Fsp3) is 0.393. The topological polar surface area (TPSA) is 70.9 Å². The van der Waals surface area contributed by atoms with Gasteiger partial charge in [0.1, 0.15) is 5.75 Å². The highest BCUT2D eigenvalue weighted by molar-refractivity contribution is 5.80. The highest BCUT2D eigenvalue weighted by atomic mass is 16.5. The molecule has 3 heterocycles. The fourth-order valence-electron chi connectivity index (χ4n) is 5.12. The number of amides is 1. The molecule has 3 aromatic rings. The van der Waals surface area contributed by atoms with Crippen molar-refractivity contribution in [3.8, 4) is 5.75 Å². The molecule has 8 heteroatoms. The number of rotatable bonds is 6. The SMILES string of the molecule is COc1ccc(N2CCN(C(=O)[C@H]3CCCN(c4cnn(Cc5ccccc5)c(=O)c4)C3)CC2)cc1. The molecule has 2 aliphatic rings. The van der Waals surface area contributed by atoms with Gasteiger partial charge in [0.15, 0.2) is 0 Å². The van der Waals surface area contributed by atoms with Crippen molar-refractivity contribution < 1.29 is 9.53 Å². The normalized spacial score (nSPS) is 18.2. The molecular formula is C28H33N5O3. The summed E-state index contributed by atoms with van der Waals surface area (Å²) in [5.41, 5.74) is 2.86. The molecule has 0 unspecified atom stereocenters. The Balaban J connectivity index is 1.18. The summed E-state index contributed by atoms with van der Waals surface area (Å²) in [6, 6.07) is 19.6. The van der Waals surface area contributed by atoms with Gasteiger partial charge in [-0.1, -0.05) is 30.3 Å². The number of aromatic nitrogens is 2. The molecule has 2 aliphatic heterocycles. The summed E-state index contributed by atoms with van der Waals surface area (Å²) in [6.45, 7) is 4.98. The van der Waals surface area contributed by atoms with Crippen molar-refractivity contribution in [1.29, 1.82) is 0 Å². The van der Waals surface area contributed by atoms with Crippen LogP contribution in [0.4, 0.5) is 11.4 Å². The van der Waals surface area contributed by atoms with Gasteiger partial charge in [-0.2, -0.15) is 5.10 Å². The molecule has 1 atom stereocenters. The third-order valence-electron chi connectivity index (χ3n) is 7.20. The minimum Gasteiger partial charge on any atom is -0.497 e. The van der Waals surface area contributed by atoms with Gasteiger partial charge in [-0.15, -0.1) is 0 Å². The smallest absolute Gasteiger partial charge is 0.269 e. The second-order valence-corrected chi connectivity index (χ2v) is 9.49. The predicted molar refractivity (Wildman–Crippen MR) is 141 cm³/mol. The van der Waals surface area contributed by atoms with E-state index in [9.17, 15) is 9.59 Å². The minimum absolute atomic E-state index is 0.0574. The van der Waals surface area contributed by atoms with Crippen LogP contribution in [0, 0.1) is 5.92 Å². The van der Waals surface area contributed by atoms with Gasteiger partial charge in [0.25, 0.3) is 5.56 Å². The van der Waals surface area contributed by atoms with E-state index in [2.05, 4.69) is 27.0 Å². The average molecular weight is 488 g/mol. The molecule has 1 amide bonds. The number of carbonyl (C=O) groups excluding carboxylic acids is 1. The maximum atomic E-state index is 13.4. The van der Waals surface area contributed by atoms with E-state index >= 15 is 0 Å². The standard InChI is InChI=1S/C28H33N5O3/c1-36-26-11-9-24(10-12-26)30-14-16-31(17-15-30)28(35)23-8-5-13-32(21-23)25-18-27(34)33(29-19-25)20-22-6-3-2-4-7-22/h2-4,6-7,9-12,18-19,23H,5,8,13-17,20-21H2,1H3/t23-/m0/s1. The average Bonchev–Trinajstić information content (AvgIpc) is 2.94. The molecule has 36 heavy (non-hydrogen) atoms. The van der Waals surface area contributed by atoms with Crippen LogP contribution in [0.5, 0.6) is 5.75 Å². The number of carbonyl (C=O) groups is 1. The van der Waals surface area contributed by atoms with E-state index < -0.39 is 0 Å². The lowest BCUT2D eigenvalue weighted by molar-refractivity contribution is -0.136. The molecule has 2 saturated heterocycles. The maximum absolute atomic E-state index is 13.4. The minimum atomic E-state index is -0.126. The zero-order valence-corrected chi connectivity index (χ0v) is 20.8. The molecule has 1 aromatic heterocycles. The Morgan fingerprint density at radius 1 is 0.944 bits per heavy atom. The summed E-state index contributed by atoms with van der Waals surface area (Å²) in [5.74, 6) is 1.01. The monoisotopic (exact) mass is 487 g/mol. The molecule has 0 bridgehead atoms. The summed E-state index contributed by atoms with van der Waals surface area (Å²) in [7, 11) is 1.67. The quantitative estimate of drug-likeness (QED) is 0.533. The van der Waals surface area contributed by atoms with E-state index in [1.165, 1.54) is 4.68 Å². The molecule has 2 fully saturated rings. The van der Waals surface area contributed by atoms with Crippen LogP contribution in [0.25, 0.3) is 0 Å². The Morgan fingerprint density at radius 2 is 1.69 bits per heavy atom. The van der Waals surface area contributed by atoms with E-state index in [-0.39, 0.29) is 17.4 Å². The number of anilines is 2. The van der Waals surface area contributed by atoms with E-state index in [0.29, 0.717) is 13.1 Å². The van der Waals surface area contributed by atoms with Crippen LogP contribution < -0.4 is 20.1 Å². The van der Waals surface area contributed by atoms with Gasteiger partial charge in [-0.05, 0) is 42.7 Å². The number of piperazine rings is 1. The van der Waals surface area contributed by atoms with Crippen molar-refractivity contribution >= 4 is 17.3 Å². The lowest BCUT2D eigenvalue weighted by Crippen LogP contribution is -2.52. The first-order valence-electron chi connectivity index (χ1n) is 12.6. The van der Waals surface area contributed by atoms with Crippen LogP contribution in [0.15, 0.2) is 71.7 Å². The van der Waals surface area contributed by atoms with Gasteiger partial charge < -0.3 is 19.4 Å². The highest BCUT2D eigenvalue weighted by Gasteiger charge is 2.31. The summed E-state index contributed by atoms with van der Waals surface area (Å²) in [5, 5.41) is 4.41. The predicted octanol–water partition coefficient (Wildman–Crippen LogP) is 2.87. The van der Waals surface area contributed by atoms with Gasteiger partial charge in [0.05, 0.1) is 31.5 Å². The van der Waals surface area contributed by atoms with Crippen molar-refractivity contribution in [2.45, 2.75) is 19.4 Å². The summed E-state index contributed by atoms with van der Waals surface area (Å²) in [6.07, 6.45) is 3.56. The fourth-order valence-corrected chi connectivity index (χ4v) is 5.12. The number of hydrogen-bond acceptors (Lipinski definition) is 6. The zero-order chi connectivity index (χ0) is 24.9. The Hall–Kier alpha value is -3.81. The molecular weight excluding hydrogens is 454 g/mol. The van der Waals surface area contributed by atoms with Crippen LogP contribution in [0.2, 0.25) is 0 Å². The maximum Gasteiger partial charge on any atom is 0.269 e. The molecule has 8 nitrogen and oxygen atoms in total. The molecule has 0 spiro atoms. The largest absolute Gasteiger partial charge is 0.497 e. The molecule has 5 rings (SSSR count). The van der Waals surface area contributed by atoms with Crippen molar-refractivity contribution in [3.63, 3.8) is 0 Å². The molecule has 0 radical (unpaired) electrons. The summed E-state index contributed by atoms with van der Waals surface area (Å²) < 4.78 is 6.73. The summed E-state index contributed by atoms with van der Waals surface area (Å²) in [4.78, 5) is 32.5. The zero-order valence-electron chi connectivity index (χ0n) is 20.8. The first-order valence-corrected chi connectivity index (χ1v) is 12.6. The Morgan fingerprint density at radius 3 is 2.39 bits per heavy atom. The van der Waals surface area contributed by atoms with Gasteiger partial charge in [0, 0.05) is 51.0 Å². The third-order valence-corrected chi connectivity index (χ3v) is 7.20. The van der Waals surface area contributed by atoms with Crippen molar-refractivity contribution in [1.82, 2.24) is 14.7 Å².